The molecule has 0 aromatic rings. The van der Waals surface area contributed by atoms with Gasteiger partial charge in [0, 0.05) is 0 Å². The predicted molar refractivity (Wildman–Crippen MR) is 203 cm³/mol. The maximum atomic E-state index is 10.8. The summed E-state index contributed by atoms with van der Waals surface area (Å²) in [6.45, 7) is 3.77. The smallest absolute Gasteiger partial charge is 0.111 e. The number of rotatable bonds is 38. The molecule has 0 bridgehead atoms. The first-order chi connectivity index (χ1) is 22.9. The van der Waals surface area contributed by atoms with Gasteiger partial charge in [-0.15, -0.1) is 0 Å². The van der Waals surface area contributed by atoms with E-state index < -0.39 is 11.2 Å². The van der Waals surface area contributed by atoms with E-state index in [9.17, 15) is 20.4 Å². The second kappa shape index (κ2) is 35.1. The van der Waals surface area contributed by atoms with E-state index in [4.69, 9.17) is 4.74 Å². The molecule has 2 unspecified atom stereocenters. The van der Waals surface area contributed by atoms with Crippen LogP contribution in [-0.4, -0.2) is 58.1 Å². The maximum Gasteiger partial charge on any atom is 0.111 e. The van der Waals surface area contributed by atoms with Crippen molar-refractivity contribution in [1.29, 1.82) is 0 Å². The summed E-state index contributed by atoms with van der Waals surface area (Å²) < 4.78 is 5.67. The molecule has 0 heterocycles. The minimum atomic E-state index is -1.29. The molecule has 4 N–H and O–H groups in total. The molecule has 0 rings (SSSR count). The summed E-state index contributed by atoms with van der Waals surface area (Å²) in [6, 6.07) is 0. The number of ether oxygens (including phenoxy) is 1. The summed E-state index contributed by atoms with van der Waals surface area (Å²) >= 11 is 0. The lowest BCUT2D eigenvalue weighted by Gasteiger charge is -2.30. The van der Waals surface area contributed by atoms with Gasteiger partial charge in [-0.25, -0.2) is 0 Å². The minimum absolute atomic E-state index is 0.0235. The average molecular weight is 667 g/mol. The minimum Gasteiger partial charge on any atom is -0.393 e. The average Bonchev–Trinajstić information content (AvgIpc) is 3.08. The van der Waals surface area contributed by atoms with Gasteiger partial charge < -0.3 is 25.2 Å². The van der Waals surface area contributed by atoms with E-state index in [0.29, 0.717) is 12.8 Å². The maximum absolute atomic E-state index is 10.8. The van der Waals surface area contributed by atoms with Gasteiger partial charge in [-0.2, -0.15) is 0 Å². The zero-order chi connectivity index (χ0) is 34.6. The third-order valence-electron chi connectivity index (χ3n) is 9.64. The van der Waals surface area contributed by atoms with Gasteiger partial charge in [0.15, 0.2) is 0 Å². The van der Waals surface area contributed by atoms with Gasteiger partial charge in [0.2, 0.25) is 0 Å². The van der Waals surface area contributed by atoms with Gasteiger partial charge in [0.1, 0.15) is 11.2 Å². The number of unbranched alkanes of at least 4 members (excludes halogenated alkanes) is 24. The zero-order valence-electron chi connectivity index (χ0n) is 31.5. The Hall–Kier alpha value is -0.720. The summed E-state index contributed by atoms with van der Waals surface area (Å²) in [5.41, 5.74) is -2.58. The molecule has 0 saturated heterocycles. The van der Waals surface area contributed by atoms with E-state index in [1.807, 2.05) is 0 Å². The number of aliphatic hydroxyl groups excluding tert-OH is 2. The molecule has 0 spiro atoms. The lowest BCUT2D eigenvalue weighted by Crippen LogP contribution is -2.43. The van der Waals surface area contributed by atoms with Crippen molar-refractivity contribution in [3.8, 4) is 0 Å². The molecule has 280 valence electrons. The summed E-state index contributed by atoms with van der Waals surface area (Å²) in [6.07, 6.45) is 44.9. The fourth-order valence-electron chi connectivity index (χ4n) is 6.23. The summed E-state index contributed by atoms with van der Waals surface area (Å²) in [7, 11) is 0. The first-order valence-corrected chi connectivity index (χ1v) is 20.5. The molecule has 0 saturated carbocycles. The second-order valence-corrected chi connectivity index (χ2v) is 14.6. The van der Waals surface area contributed by atoms with E-state index in [-0.39, 0.29) is 26.4 Å². The fraction of sp³-hybridized carbons (Fsp3) is 0.905. The monoisotopic (exact) mass is 667 g/mol. The Morgan fingerprint density at radius 3 is 0.915 bits per heavy atom. The van der Waals surface area contributed by atoms with Crippen LogP contribution in [0.25, 0.3) is 0 Å². The molecule has 0 amide bonds. The van der Waals surface area contributed by atoms with Crippen LogP contribution in [0.5, 0.6) is 0 Å². The molecule has 47 heavy (non-hydrogen) atoms. The second-order valence-electron chi connectivity index (χ2n) is 14.6. The normalized spacial score (nSPS) is 14.8. The highest BCUT2D eigenvalue weighted by atomic mass is 16.5. The van der Waals surface area contributed by atoms with Crippen LogP contribution in [0, 0.1) is 0 Å². The molecular formula is C42H82O5. The molecule has 5 heteroatoms. The van der Waals surface area contributed by atoms with Crippen molar-refractivity contribution in [3.05, 3.63) is 24.3 Å². The third-order valence-corrected chi connectivity index (χ3v) is 9.64. The van der Waals surface area contributed by atoms with Crippen LogP contribution in [0.2, 0.25) is 0 Å². The molecule has 0 fully saturated rings. The van der Waals surface area contributed by atoms with Gasteiger partial charge in [0.25, 0.3) is 0 Å². The Bertz CT molecular complexity index is 624. The van der Waals surface area contributed by atoms with Crippen LogP contribution in [0.15, 0.2) is 24.3 Å². The SMILES string of the molecule is CCCCCCCCC=CCCCCCCCCC(O)(CO)COCC(O)(CO)CCCCCCCCC=CCCCCCCCC. The molecule has 0 aliphatic heterocycles. The number of hydrogen-bond donors (Lipinski definition) is 4. The van der Waals surface area contributed by atoms with Gasteiger partial charge in [-0.3, -0.25) is 0 Å². The van der Waals surface area contributed by atoms with E-state index >= 15 is 0 Å². The van der Waals surface area contributed by atoms with Crippen LogP contribution in [-0.2, 0) is 4.74 Å². The number of hydrogen-bond acceptors (Lipinski definition) is 5. The fourth-order valence-corrected chi connectivity index (χ4v) is 6.23. The molecule has 0 aromatic heterocycles. The quantitative estimate of drug-likeness (QED) is 0.0389. The molecule has 0 radical (unpaired) electrons. The van der Waals surface area contributed by atoms with Crippen molar-refractivity contribution >= 4 is 0 Å². The van der Waals surface area contributed by atoms with Crippen molar-refractivity contribution in [2.75, 3.05) is 26.4 Å². The van der Waals surface area contributed by atoms with Gasteiger partial charge in [-0.1, -0.05) is 167 Å². The van der Waals surface area contributed by atoms with Crippen molar-refractivity contribution in [2.24, 2.45) is 0 Å². The lowest BCUT2D eigenvalue weighted by atomic mass is 9.95. The molecule has 0 aromatic carbocycles. The van der Waals surface area contributed by atoms with Crippen molar-refractivity contribution in [3.63, 3.8) is 0 Å². The molecular weight excluding hydrogens is 584 g/mol. The summed E-state index contributed by atoms with van der Waals surface area (Å²) in [4.78, 5) is 0. The Kier molecular flexibility index (Phi) is 34.6. The van der Waals surface area contributed by atoms with E-state index in [1.165, 1.54) is 141 Å². The van der Waals surface area contributed by atoms with Crippen molar-refractivity contribution < 1.29 is 25.2 Å². The Morgan fingerprint density at radius 1 is 0.383 bits per heavy atom. The Balaban J connectivity index is 3.79. The topological polar surface area (TPSA) is 90.2 Å². The predicted octanol–water partition coefficient (Wildman–Crippen LogP) is 11.3. The molecule has 0 aliphatic carbocycles. The van der Waals surface area contributed by atoms with Crippen LogP contribution in [0.4, 0.5) is 0 Å². The standard InChI is InChI=1S/C42H82O5/c1-3-5-7-9-11-13-15-17-19-21-23-25-27-29-31-33-35-41(45,37-43)39-47-40-42(46,38-44)36-34-32-30-28-26-24-22-20-18-16-14-12-10-8-6-4-2/h17-20,43-46H,3-16,21-40H2,1-2H3. The van der Waals surface area contributed by atoms with Crippen LogP contribution in [0.3, 0.4) is 0 Å². The van der Waals surface area contributed by atoms with Gasteiger partial charge in [-0.05, 0) is 64.2 Å². The Labute approximate surface area is 293 Å². The summed E-state index contributed by atoms with van der Waals surface area (Å²) in [5.74, 6) is 0. The van der Waals surface area contributed by atoms with E-state index in [1.54, 1.807) is 0 Å². The van der Waals surface area contributed by atoms with E-state index in [0.717, 1.165) is 38.5 Å². The highest BCUT2D eigenvalue weighted by molar-refractivity contribution is 4.83. The van der Waals surface area contributed by atoms with Gasteiger partial charge in [0.05, 0.1) is 26.4 Å². The van der Waals surface area contributed by atoms with Crippen molar-refractivity contribution in [2.45, 2.75) is 218 Å². The first kappa shape index (κ1) is 46.3. The highest BCUT2D eigenvalue weighted by Gasteiger charge is 2.30. The molecule has 0 aliphatic rings. The molecule has 2 atom stereocenters. The largest absolute Gasteiger partial charge is 0.393 e. The van der Waals surface area contributed by atoms with Crippen LogP contribution < -0.4 is 0 Å². The van der Waals surface area contributed by atoms with Crippen molar-refractivity contribution in [1.82, 2.24) is 0 Å². The number of aliphatic hydroxyl groups is 4. The lowest BCUT2D eigenvalue weighted by molar-refractivity contribution is -0.129. The van der Waals surface area contributed by atoms with E-state index in [2.05, 4.69) is 38.2 Å². The number of allylic oxidation sites excluding steroid dienone is 4. The first-order valence-electron chi connectivity index (χ1n) is 20.5. The zero-order valence-corrected chi connectivity index (χ0v) is 31.5. The highest BCUT2D eigenvalue weighted by Crippen LogP contribution is 2.21. The molecule has 5 nitrogen and oxygen atoms in total. The van der Waals surface area contributed by atoms with Crippen LogP contribution >= 0.6 is 0 Å². The van der Waals surface area contributed by atoms with Gasteiger partial charge >= 0.3 is 0 Å². The summed E-state index contributed by atoms with van der Waals surface area (Å²) in [5, 5.41) is 41.2. The Morgan fingerprint density at radius 2 is 0.638 bits per heavy atom. The van der Waals surface area contributed by atoms with Crippen LogP contribution in [0.1, 0.15) is 206 Å². The third kappa shape index (κ3) is 32.3.